The fraction of sp³-hybridized carbons (Fsp3) is 0.905. The number of nitrogens with one attached hydrogen (secondary N) is 2. The number of guanidine groups is 1. The summed E-state index contributed by atoms with van der Waals surface area (Å²) in [4.78, 5) is 23.7. The molecule has 2 aliphatic rings. The van der Waals surface area contributed by atoms with Gasteiger partial charge in [0.05, 0.1) is 0 Å². The van der Waals surface area contributed by atoms with Crippen LogP contribution >= 0.6 is 0 Å². The molecule has 1 amide bonds. The second-order valence-corrected chi connectivity index (χ2v) is 8.08. The van der Waals surface area contributed by atoms with E-state index in [1.165, 1.54) is 52.0 Å². The van der Waals surface area contributed by atoms with Crippen LogP contribution in [0, 0.1) is 0 Å². The van der Waals surface area contributed by atoms with E-state index < -0.39 is 0 Å². The summed E-state index contributed by atoms with van der Waals surface area (Å²) in [5, 5.41) is 6.78. The number of nitrogens with zero attached hydrogens (tertiary/aromatic N) is 4. The van der Waals surface area contributed by atoms with E-state index in [1.807, 2.05) is 4.90 Å². The quantitative estimate of drug-likeness (QED) is 0.333. The Labute approximate surface area is 171 Å². The lowest BCUT2D eigenvalue weighted by Gasteiger charge is -2.32. The molecule has 0 aromatic carbocycles. The third-order valence-corrected chi connectivity index (χ3v) is 5.66. The molecule has 0 radical (unpaired) electrons. The predicted octanol–water partition coefficient (Wildman–Crippen LogP) is 1.36. The van der Waals surface area contributed by atoms with Crippen LogP contribution in [0.2, 0.25) is 0 Å². The Morgan fingerprint density at radius 1 is 0.964 bits per heavy atom. The lowest BCUT2D eigenvalue weighted by molar-refractivity contribution is -0.130. The average Bonchev–Trinajstić information content (AvgIpc) is 2.90. The SMILES string of the molecule is CCNC(=NCCCN1CCCCCC1=O)NCCCCN1CCN(C)CC1. The van der Waals surface area contributed by atoms with Crippen molar-refractivity contribution >= 4 is 11.9 Å². The van der Waals surface area contributed by atoms with Gasteiger partial charge in [-0.15, -0.1) is 0 Å². The molecule has 0 aromatic heterocycles. The molecule has 2 saturated heterocycles. The Bertz CT molecular complexity index is 462. The van der Waals surface area contributed by atoms with E-state index >= 15 is 0 Å². The van der Waals surface area contributed by atoms with Crippen LogP contribution in [-0.4, -0.2) is 99.1 Å². The van der Waals surface area contributed by atoms with Crippen molar-refractivity contribution in [2.75, 3.05) is 72.5 Å². The fourth-order valence-electron chi connectivity index (χ4n) is 3.81. The van der Waals surface area contributed by atoms with Crippen molar-refractivity contribution in [2.45, 2.75) is 51.9 Å². The summed E-state index contributed by atoms with van der Waals surface area (Å²) in [7, 11) is 2.20. The van der Waals surface area contributed by atoms with Gasteiger partial charge in [-0.05, 0) is 52.6 Å². The van der Waals surface area contributed by atoms with Crippen molar-refractivity contribution in [1.29, 1.82) is 0 Å². The molecule has 2 fully saturated rings. The summed E-state index contributed by atoms with van der Waals surface area (Å²) < 4.78 is 0. The van der Waals surface area contributed by atoms with E-state index in [4.69, 9.17) is 0 Å². The highest BCUT2D eigenvalue weighted by atomic mass is 16.2. The zero-order chi connectivity index (χ0) is 20.0. The molecule has 0 atom stereocenters. The molecular formula is C21H42N6O. The molecule has 7 heteroatoms. The van der Waals surface area contributed by atoms with Crippen molar-refractivity contribution in [3.63, 3.8) is 0 Å². The third-order valence-electron chi connectivity index (χ3n) is 5.66. The molecule has 7 nitrogen and oxygen atoms in total. The molecule has 0 bridgehead atoms. The van der Waals surface area contributed by atoms with E-state index in [0.29, 0.717) is 5.91 Å². The molecule has 28 heavy (non-hydrogen) atoms. The van der Waals surface area contributed by atoms with Gasteiger partial charge < -0.3 is 25.3 Å². The van der Waals surface area contributed by atoms with Crippen molar-refractivity contribution in [3.8, 4) is 0 Å². The number of hydrogen-bond acceptors (Lipinski definition) is 4. The smallest absolute Gasteiger partial charge is 0.222 e. The highest BCUT2D eigenvalue weighted by molar-refractivity contribution is 5.79. The van der Waals surface area contributed by atoms with Crippen LogP contribution in [0.4, 0.5) is 0 Å². The number of likely N-dealkylation sites (N-methyl/N-ethyl adjacent to an activating group) is 1. The maximum Gasteiger partial charge on any atom is 0.222 e. The van der Waals surface area contributed by atoms with E-state index in [1.54, 1.807) is 0 Å². The van der Waals surface area contributed by atoms with Crippen LogP contribution in [0.25, 0.3) is 0 Å². The zero-order valence-electron chi connectivity index (χ0n) is 18.2. The molecule has 0 spiro atoms. The van der Waals surface area contributed by atoms with Gasteiger partial charge >= 0.3 is 0 Å². The number of hydrogen-bond donors (Lipinski definition) is 2. The standard InChI is InChI=1S/C21H42N6O/c1-3-22-21(23-11-6-8-13-26-18-16-25(2)17-19-26)24-12-9-15-27-14-7-4-5-10-20(27)28/h3-19H2,1-2H3,(H2,22,23,24). The van der Waals surface area contributed by atoms with Crippen LogP contribution in [0.5, 0.6) is 0 Å². The molecule has 0 aromatic rings. The summed E-state index contributed by atoms with van der Waals surface area (Å²) in [5.74, 6) is 1.23. The number of rotatable bonds is 10. The van der Waals surface area contributed by atoms with Crippen LogP contribution in [0.3, 0.4) is 0 Å². The minimum Gasteiger partial charge on any atom is -0.357 e. The Balaban J connectivity index is 1.57. The molecular weight excluding hydrogens is 352 g/mol. The lowest BCUT2D eigenvalue weighted by Crippen LogP contribution is -2.44. The van der Waals surface area contributed by atoms with Crippen molar-refractivity contribution < 1.29 is 4.79 Å². The summed E-state index contributed by atoms with van der Waals surface area (Å²) >= 11 is 0. The van der Waals surface area contributed by atoms with Gasteiger partial charge in [0.2, 0.25) is 5.91 Å². The van der Waals surface area contributed by atoms with Crippen molar-refractivity contribution in [1.82, 2.24) is 25.3 Å². The van der Waals surface area contributed by atoms with Gasteiger partial charge in [0.25, 0.3) is 0 Å². The summed E-state index contributed by atoms with van der Waals surface area (Å²) in [6.07, 6.45) is 7.44. The highest BCUT2D eigenvalue weighted by Crippen LogP contribution is 2.11. The number of carbonyl (C=O) groups is 1. The van der Waals surface area contributed by atoms with Crippen LogP contribution in [0.1, 0.15) is 51.9 Å². The Kier molecular flexibility index (Phi) is 11.3. The first-order valence-corrected chi connectivity index (χ1v) is 11.4. The van der Waals surface area contributed by atoms with Gasteiger partial charge in [-0.1, -0.05) is 6.42 Å². The maximum atomic E-state index is 12.0. The number of carbonyl (C=O) groups excluding carboxylic acids is 1. The van der Waals surface area contributed by atoms with E-state index in [9.17, 15) is 4.79 Å². The molecule has 0 saturated carbocycles. The molecule has 2 rings (SSSR count). The Hall–Kier alpha value is -1.34. The van der Waals surface area contributed by atoms with Gasteiger partial charge in [-0.25, -0.2) is 0 Å². The van der Waals surface area contributed by atoms with E-state index in [0.717, 1.165) is 64.4 Å². The topological polar surface area (TPSA) is 63.2 Å². The highest BCUT2D eigenvalue weighted by Gasteiger charge is 2.15. The molecule has 2 aliphatic heterocycles. The second-order valence-electron chi connectivity index (χ2n) is 8.08. The number of aliphatic imine (C=N–C) groups is 1. The van der Waals surface area contributed by atoms with Gasteiger partial charge in [0.15, 0.2) is 5.96 Å². The molecule has 162 valence electrons. The number of piperazine rings is 1. The lowest BCUT2D eigenvalue weighted by atomic mass is 10.2. The monoisotopic (exact) mass is 394 g/mol. The normalized spacial score (nSPS) is 20.3. The van der Waals surface area contributed by atoms with E-state index in [2.05, 4.69) is 39.4 Å². The third kappa shape index (κ3) is 9.24. The summed E-state index contributed by atoms with van der Waals surface area (Å²) in [6, 6.07) is 0. The average molecular weight is 395 g/mol. The van der Waals surface area contributed by atoms with Crippen molar-refractivity contribution in [2.24, 2.45) is 4.99 Å². The van der Waals surface area contributed by atoms with Gasteiger partial charge in [0.1, 0.15) is 0 Å². The predicted molar refractivity (Wildman–Crippen MR) is 117 cm³/mol. The second kappa shape index (κ2) is 13.8. The zero-order valence-corrected chi connectivity index (χ0v) is 18.2. The van der Waals surface area contributed by atoms with Crippen molar-refractivity contribution in [3.05, 3.63) is 0 Å². The maximum absolute atomic E-state index is 12.0. The first-order chi connectivity index (χ1) is 13.7. The first-order valence-electron chi connectivity index (χ1n) is 11.4. The van der Waals surface area contributed by atoms with Gasteiger partial charge in [-0.2, -0.15) is 0 Å². The number of likely N-dealkylation sites (tertiary alicyclic amines) is 1. The van der Waals surface area contributed by atoms with E-state index in [-0.39, 0.29) is 0 Å². The number of unbranched alkanes of at least 4 members (excludes halogenated alkanes) is 1. The molecule has 0 unspecified atom stereocenters. The molecule has 2 N–H and O–H groups in total. The van der Waals surface area contributed by atoms with Crippen LogP contribution < -0.4 is 10.6 Å². The molecule has 0 aliphatic carbocycles. The Morgan fingerprint density at radius 2 is 1.79 bits per heavy atom. The number of amides is 1. The summed E-state index contributed by atoms with van der Waals surface area (Å²) in [6.45, 7) is 12.5. The minimum atomic E-state index is 0.326. The first kappa shape index (κ1) is 22.9. The minimum absolute atomic E-state index is 0.326. The summed E-state index contributed by atoms with van der Waals surface area (Å²) in [5.41, 5.74) is 0. The fourth-order valence-corrected chi connectivity index (χ4v) is 3.81. The van der Waals surface area contributed by atoms with Gasteiger partial charge in [-0.3, -0.25) is 9.79 Å². The Morgan fingerprint density at radius 3 is 2.57 bits per heavy atom. The van der Waals surface area contributed by atoms with Crippen LogP contribution in [-0.2, 0) is 4.79 Å². The van der Waals surface area contributed by atoms with Gasteiger partial charge in [0, 0.05) is 65.3 Å². The van der Waals surface area contributed by atoms with Crippen LogP contribution in [0.15, 0.2) is 4.99 Å². The largest absolute Gasteiger partial charge is 0.357 e. The molecule has 2 heterocycles.